The predicted octanol–water partition coefficient (Wildman–Crippen LogP) is 5.99. The Kier molecular flexibility index (Phi) is 13.9. The second-order valence-electron chi connectivity index (χ2n) is 10.8. The van der Waals surface area contributed by atoms with E-state index in [0.29, 0.717) is 0 Å². The normalized spacial score (nSPS) is 20.0. The van der Waals surface area contributed by atoms with Gasteiger partial charge in [-0.3, -0.25) is 0 Å². The fourth-order valence-electron chi connectivity index (χ4n) is 5.41. The van der Waals surface area contributed by atoms with Crippen molar-refractivity contribution in [3.05, 3.63) is 47.1 Å². The zero-order valence-corrected chi connectivity index (χ0v) is 23.1. The minimum atomic E-state index is -0.664. The van der Waals surface area contributed by atoms with E-state index in [2.05, 4.69) is 33.1 Å². The third-order valence-corrected chi connectivity index (χ3v) is 8.03. The molecule has 0 radical (unpaired) electrons. The highest BCUT2D eigenvalue weighted by Gasteiger charge is 2.25. The van der Waals surface area contributed by atoms with Crippen molar-refractivity contribution >= 4 is 11.9 Å². The molecule has 6 heteroatoms. The van der Waals surface area contributed by atoms with Gasteiger partial charge in [0.05, 0.1) is 24.4 Å². The van der Waals surface area contributed by atoms with Crippen LogP contribution in [0.5, 0.6) is 0 Å². The fraction of sp³-hybridized carbons (Fsp3) is 0.677. The molecule has 0 aliphatic heterocycles. The first-order valence-electron chi connectivity index (χ1n) is 14.1. The Morgan fingerprint density at radius 3 is 1.95 bits per heavy atom. The molecule has 0 aromatic carbocycles. The zero-order chi connectivity index (χ0) is 27.2. The summed E-state index contributed by atoms with van der Waals surface area (Å²) in [6.07, 6.45) is 17.3. The SMILES string of the molecule is C=C(CO)C(=O)OCC(COC(=O)C(=C)CO)C1=CC(C)=C(CCC2CCC(CCCCC)CC2)CC1. The third kappa shape index (κ3) is 10.6. The van der Waals surface area contributed by atoms with Crippen molar-refractivity contribution in [2.75, 3.05) is 26.4 Å². The molecule has 0 aromatic rings. The van der Waals surface area contributed by atoms with E-state index in [1.807, 2.05) is 0 Å². The van der Waals surface area contributed by atoms with Crippen LogP contribution < -0.4 is 0 Å². The summed E-state index contributed by atoms with van der Waals surface area (Å²) in [6.45, 7) is 10.5. The molecule has 2 rings (SSSR count). The van der Waals surface area contributed by atoms with Crippen LogP contribution in [0.15, 0.2) is 47.1 Å². The number of carbonyl (C=O) groups is 2. The van der Waals surface area contributed by atoms with Crippen molar-refractivity contribution in [1.82, 2.24) is 0 Å². The monoisotopic (exact) mass is 516 g/mol. The lowest BCUT2D eigenvalue weighted by Crippen LogP contribution is -2.25. The average Bonchev–Trinajstić information content (AvgIpc) is 2.91. The number of aliphatic hydroxyl groups is 2. The molecule has 1 saturated carbocycles. The number of hydrogen-bond acceptors (Lipinski definition) is 6. The topological polar surface area (TPSA) is 93.1 Å². The Morgan fingerprint density at radius 2 is 1.46 bits per heavy atom. The lowest BCUT2D eigenvalue weighted by molar-refractivity contribution is -0.143. The van der Waals surface area contributed by atoms with E-state index in [-0.39, 0.29) is 30.3 Å². The average molecular weight is 517 g/mol. The van der Waals surface area contributed by atoms with E-state index in [1.54, 1.807) is 0 Å². The molecule has 0 bridgehead atoms. The van der Waals surface area contributed by atoms with Crippen LogP contribution in [0.25, 0.3) is 0 Å². The number of ether oxygens (including phenoxy) is 2. The van der Waals surface area contributed by atoms with Crippen molar-refractivity contribution in [3.8, 4) is 0 Å². The number of rotatable bonds is 16. The quantitative estimate of drug-likeness (QED) is 0.149. The molecule has 1 fully saturated rings. The summed E-state index contributed by atoms with van der Waals surface area (Å²) in [6, 6.07) is 0. The van der Waals surface area contributed by atoms with Gasteiger partial charge in [0.15, 0.2) is 0 Å². The Bertz CT molecular complexity index is 812. The smallest absolute Gasteiger partial charge is 0.335 e. The molecule has 6 nitrogen and oxygen atoms in total. The van der Waals surface area contributed by atoms with E-state index in [9.17, 15) is 9.59 Å². The van der Waals surface area contributed by atoms with Crippen molar-refractivity contribution in [1.29, 1.82) is 0 Å². The molecular weight excluding hydrogens is 468 g/mol. The number of hydrogen-bond donors (Lipinski definition) is 2. The van der Waals surface area contributed by atoms with Crippen LogP contribution >= 0.6 is 0 Å². The Hall–Kier alpha value is -2.18. The Balaban J connectivity index is 1.95. The first kappa shape index (κ1) is 31.0. The van der Waals surface area contributed by atoms with Crippen LogP contribution in [-0.2, 0) is 19.1 Å². The van der Waals surface area contributed by atoms with Crippen LogP contribution in [0.3, 0.4) is 0 Å². The molecule has 0 atom stereocenters. The van der Waals surface area contributed by atoms with Gasteiger partial charge in [-0.15, -0.1) is 0 Å². The number of unbranched alkanes of at least 4 members (excludes halogenated alkanes) is 2. The van der Waals surface area contributed by atoms with Gasteiger partial charge in [0, 0.05) is 5.92 Å². The minimum absolute atomic E-state index is 0.0182. The summed E-state index contributed by atoms with van der Waals surface area (Å²) in [5.41, 5.74) is 3.77. The van der Waals surface area contributed by atoms with Gasteiger partial charge in [-0.05, 0) is 44.4 Å². The van der Waals surface area contributed by atoms with E-state index in [4.69, 9.17) is 19.7 Å². The van der Waals surface area contributed by atoms with Crippen molar-refractivity contribution < 1.29 is 29.3 Å². The second kappa shape index (κ2) is 16.6. The molecule has 37 heavy (non-hydrogen) atoms. The van der Waals surface area contributed by atoms with Gasteiger partial charge < -0.3 is 19.7 Å². The molecule has 2 aliphatic rings. The molecule has 0 heterocycles. The van der Waals surface area contributed by atoms with E-state index in [0.717, 1.165) is 36.7 Å². The number of aliphatic hydroxyl groups excluding tert-OH is 2. The molecule has 0 unspecified atom stereocenters. The molecule has 208 valence electrons. The summed E-state index contributed by atoms with van der Waals surface area (Å²) >= 11 is 0. The summed E-state index contributed by atoms with van der Waals surface area (Å²) in [7, 11) is 0. The van der Waals surface area contributed by atoms with Crippen LogP contribution in [0.2, 0.25) is 0 Å². The molecule has 0 spiro atoms. The maximum Gasteiger partial charge on any atom is 0.335 e. The molecule has 0 amide bonds. The number of esters is 2. The summed E-state index contributed by atoms with van der Waals surface area (Å²) in [5.74, 6) is 0.128. The summed E-state index contributed by atoms with van der Waals surface area (Å²) in [5, 5.41) is 18.3. The van der Waals surface area contributed by atoms with Gasteiger partial charge in [0.2, 0.25) is 0 Å². The lowest BCUT2D eigenvalue weighted by Gasteiger charge is -2.30. The fourth-order valence-corrected chi connectivity index (χ4v) is 5.41. The highest BCUT2D eigenvalue weighted by molar-refractivity contribution is 5.88. The summed E-state index contributed by atoms with van der Waals surface area (Å²) in [4.78, 5) is 24.1. The van der Waals surface area contributed by atoms with Crippen LogP contribution in [0.4, 0.5) is 0 Å². The molecule has 2 N–H and O–H groups in total. The third-order valence-electron chi connectivity index (χ3n) is 8.03. The zero-order valence-electron chi connectivity index (χ0n) is 23.1. The van der Waals surface area contributed by atoms with Gasteiger partial charge in [-0.2, -0.15) is 0 Å². The Labute approximate surface area is 223 Å². The minimum Gasteiger partial charge on any atom is -0.462 e. The van der Waals surface area contributed by atoms with E-state index < -0.39 is 25.2 Å². The van der Waals surface area contributed by atoms with Crippen molar-refractivity contribution in [2.24, 2.45) is 17.8 Å². The second-order valence-corrected chi connectivity index (χ2v) is 10.8. The number of allylic oxidation sites excluding steroid dienone is 3. The van der Waals surface area contributed by atoms with Gasteiger partial charge in [0.25, 0.3) is 0 Å². The van der Waals surface area contributed by atoms with Crippen LogP contribution in [-0.4, -0.2) is 48.6 Å². The van der Waals surface area contributed by atoms with Gasteiger partial charge >= 0.3 is 11.9 Å². The van der Waals surface area contributed by atoms with E-state index >= 15 is 0 Å². The predicted molar refractivity (Wildman–Crippen MR) is 147 cm³/mol. The molecular formula is C31H48O6. The Morgan fingerprint density at radius 1 is 0.919 bits per heavy atom. The molecule has 0 aromatic heterocycles. The first-order valence-corrected chi connectivity index (χ1v) is 14.1. The number of carbonyl (C=O) groups excluding carboxylic acids is 2. The lowest BCUT2D eigenvalue weighted by atomic mass is 9.76. The van der Waals surface area contributed by atoms with Gasteiger partial charge in [0.1, 0.15) is 13.2 Å². The maximum absolute atomic E-state index is 12.0. The van der Waals surface area contributed by atoms with Crippen molar-refractivity contribution in [2.45, 2.75) is 90.9 Å². The van der Waals surface area contributed by atoms with E-state index in [1.165, 1.54) is 68.9 Å². The molecule has 2 aliphatic carbocycles. The first-order chi connectivity index (χ1) is 17.8. The highest BCUT2D eigenvalue weighted by atomic mass is 16.5. The van der Waals surface area contributed by atoms with Crippen LogP contribution in [0.1, 0.15) is 90.9 Å². The van der Waals surface area contributed by atoms with Crippen LogP contribution in [0, 0.1) is 17.8 Å². The molecule has 0 saturated heterocycles. The summed E-state index contributed by atoms with van der Waals surface area (Å²) < 4.78 is 10.7. The van der Waals surface area contributed by atoms with Gasteiger partial charge in [-0.25, -0.2) is 9.59 Å². The standard InChI is InChI=1S/C31H48O6/c1-5-6-7-8-25-9-11-26(12-10-25)13-14-27-15-16-28(17-22(27)2)29(20-36-30(34)23(3)18-32)21-37-31(35)24(4)19-33/h17,25-26,29,32-33H,3-16,18-21H2,1-2H3. The largest absolute Gasteiger partial charge is 0.462 e. The maximum atomic E-state index is 12.0. The van der Waals surface area contributed by atoms with Crippen molar-refractivity contribution in [3.63, 3.8) is 0 Å². The van der Waals surface area contributed by atoms with Gasteiger partial charge in [-0.1, -0.05) is 94.2 Å². The highest BCUT2D eigenvalue weighted by Crippen LogP contribution is 2.37.